The smallest absolute Gasteiger partial charge is 0.340 e. The quantitative estimate of drug-likeness (QED) is 0.137. The van der Waals surface area contributed by atoms with Crippen LogP contribution in [0.1, 0.15) is 38.1 Å². The Morgan fingerprint density at radius 3 is 2.38 bits per heavy atom. The van der Waals surface area contributed by atoms with Gasteiger partial charge in [0.25, 0.3) is 0 Å². The summed E-state index contributed by atoms with van der Waals surface area (Å²) in [6, 6.07) is 8.11. The number of fused-ring (bicyclic) bond motifs is 1. The summed E-state index contributed by atoms with van der Waals surface area (Å²) in [5.41, 5.74) is 2.71. The van der Waals surface area contributed by atoms with Gasteiger partial charge in [0.05, 0.1) is 12.9 Å². The number of aromatic nitrogens is 4. The Labute approximate surface area is 223 Å². The predicted molar refractivity (Wildman–Crippen MR) is 138 cm³/mol. The molecule has 2 aromatic heterocycles. The number of anilines is 1. The van der Waals surface area contributed by atoms with Crippen LogP contribution in [0.4, 0.5) is 5.82 Å². The molecule has 4 atom stereocenters. The summed E-state index contributed by atoms with van der Waals surface area (Å²) in [7, 11) is -9.70. The van der Waals surface area contributed by atoms with Crippen molar-refractivity contribution in [3.05, 3.63) is 48.0 Å². The highest BCUT2D eigenvalue weighted by atomic mass is 31.2. The first-order valence-corrected chi connectivity index (χ1v) is 15.3. The van der Waals surface area contributed by atoms with Gasteiger partial charge < -0.3 is 44.6 Å². The normalized spacial score (nSPS) is 23.2. The first-order valence-electron chi connectivity index (χ1n) is 11.8. The number of aliphatic hydroxyl groups is 3. The van der Waals surface area contributed by atoms with Crippen LogP contribution in [-0.4, -0.2) is 80.0 Å². The second-order valence-electron chi connectivity index (χ2n) is 10.3. The third-order valence-corrected chi connectivity index (χ3v) is 9.64. The molecule has 0 spiro atoms. The number of rotatable bonds is 9. The Bertz CT molecular complexity index is 1420. The summed E-state index contributed by atoms with van der Waals surface area (Å²) in [5.74, 6) is -4.04. The van der Waals surface area contributed by atoms with Crippen LogP contribution in [0.3, 0.4) is 0 Å². The number of hydrogen-bond acceptors (Lipinski definition) is 11. The average molecular weight is 587 g/mol. The summed E-state index contributed by atoms with van der Waals surface area (Å²) in [6.07, 6.45) is -2.69. The Morgan fingerprint density at radius 2 is 1.77 bits per heavy atom. The van der Waals surface area contributed by atoms with E-state index in [1.54, 1.807) is 0 Å². The maximum Gasteiger partial charge on any atom is 0.340 e. The van der Waals surface area contributed by atoms with Crippen molar-refractivity contribution in [3.63, 3.8) is 0 Å². The second kappa shape index (κ2) is 10.6. The minimum absolute atomic E-state index is 0.0248. The van der Waals surface area contributed by atoms with Gasteiger partial charge in [-0.2, -0.15) is 0 Å². The molecule has 214 valence electrons. The van der Waals surface area contributed by atoms with Crippen LogP contribution in [0.5, 0.6) is 0 Å². The van der Waals surface area contributed by atoms with Gasteiger partial charge in [0, 0.05) is 6.54 Å². The molecular weight excluding hydrogens is 556 g/mol. The van der Waals surface area contributed by atoms with Gasteiger partial charge in [-0.05, 0) is 16.5 Å². The highest BCUT2D eigenvalue weighted by Gasteiger charge is 2.56. The van der Waals surface area contributed by atoms with E-state index >= 15 is 0 Å². The Balaban J connectivity index is 1.50. The SMILES string of the molecule is CC(C)(C)c1ccc(CNc2ncnc3c2ncn3[C@@H]2O[C@H](COP(=O)(O)CP(=O)(O)O)C(O)(O)[C@H]2O)cc1. The van der Waals surface area contributed by atoms with E-state index < -0.39 is 51.9 Å². The van der Waals surface area contributed by atoms with E-state index in [-0.39, 0.29) is 11.1 Å². The molecule has 4 rings (SSSR count). The number of benzene rings is 1. The minimum atomic E-state index is -4.90. The number of aliphatic hydroxyl groups excluding tert-OH is 1. The van der Waals surface area contributed by atoms with E-state index in [2.05, 4.69) is 57.7 Å². The van der Waals surface area contributed by atoms with Crippen LogP contribution in [-0.2, 0) is 30.4 Å². The van der Waals surface area contributed by atoms with Gasteiger partial charge in [0.2, 0.25) is 5.79 Å². The van der Waals surface area contributed by atoms with Crippen LogP contribution in [0.15, 0.2) is 36.9 Å². The van der Waals surface area contributed by atoms with Crippen molar-refractivity contribution in [1.82, 2.24) is 19.5 Å². The molecule has 1 aromatic carbocycles. The Hall–Kier alpha value is -2.29. The van der Waals surface area contributed by atoms with E-state index in [9.17, 15) is 29.3 Å². The first kappa shape index (κ1) is 29.7. The van der Waals surface area contributed by atoms with Crippen molar-refractivity contribution >= 4 is 32.2 Å². The standard InChI is InChI=1S/C22H31N5O10P2/c1-21(2,3)14-6-4-13(5-7-14)8-23-18-16-19(25-10-24-18)27(11-26-16)20-17(28)22(29,30)15(37-20)9-36-39(34,35)12-38(31,32)33/h4-7,10-11,15,17,20,28-30H,8-9,12H2,1-3H3,(H,34,35)(H,23,24,25)(H2,31,32,33)/t15-,17+,20-/m1/s1. The van der Waals surface area contributed by atoms with Gasteiger partial charge in [-0.3, -0.25) is 13.7 Å². The predicted octanol–water partition coefficient (Wildman–Crippen LogP) is 1.01. The lowest BCUT2D eigenvalue weighted by molar-refractivity contribution is -0.234. The fraction of sp³-hybridized carbons (Fsp3) is 0.500. The van der Waals surface area contributed by atoms with Crippen molar-refractivity contribution in [2.75, 3.05) is 17.8 Å². The molecule has 39 heavy (non-hydrogen) atoms. The molecule has 0 saturated carbocycles. The number of nitrogens with one attached hydrogen (secondary N) is 1. The van der Waals surface area contributed by atoms with Gasteiger partial charge in [-0.25, -0.2) is 15.0 Å². The highest BCUT2D eigenvalue weighted by molar-refractivity contribution is 7.70. The van der Waals surface area contributed by atoms with Crippen molar-refractivity contribution < 1.29 is 48.4 Å². The number of nitrogens with zero attached hydrogens (tertiary/aromatic N) is 4. The average Bonchev–Trinajstić information content (AvgIpc) is 3.33. The fourth-order valence-corrected chi connectivity index (χ4v) is 6.61. The van der Waals surface area contributed by atoms with Crippen molar-refractivity contribution in [3.8, 4) is 0 Å². The molecule has 0 aliphatic carbocycles. The molecule has 1 fully saturated rings. The summed E-state index contributed by atoms with van der Waals surface area (Å²) in [5, 5.41) is 34.6. The molecule has 1 aliphatic heterocycles. The monoisotopic (exact) mass is 587 g/mol. The van der Waals surface area contributed by atoms with E-state index in [1.807, 2.05) is 12.1 Å². The zero-order valence-electron chi connectivity index (χ0n) is 21.3. The van der Waals surface area contributed by atoms with Crippen molar-refractivity contribution in [2.45, 2.75) is 57.0 Å². The summed E-state index contributed by atoms with van der Waals surface area (Å²) < 4.78 is 34.4. The molecule has 17 heteroatoms. The third kappa shape index (κ3) is 6.72. The topological polar surface area (TPSA) is 230 Å². The van der Waals surface area contributed by atoms with E-state index in [0.29, 0.717) is 17.9 Å². The maximum absolute atomic E-state index is 11.9. The molecule has 3 aromatic rings. The zero-order chi connectivity index (χ0) is 28.8. The van der Waals surface area contributed by atoms with Crippen LogP contribution in [0, 0.1) is 0 Å². The van der Waals surface area contributed by atoms with Crippen molar-refractivity contribution in [1.29, 1.82) is 0 Å². The second-order valence-corrected chi connectivity index (χ2v) is 14.3. The Kier molecular flexibility index (Phi) is 8.07. The molecule has 1 aliphatic rings. The van der Waals surface area contributed by atoms with Crippen LogP contribution in [0.2, 0.25) is 0 Å². The Morgan fingerprint density at radius 1 is 1.10 bits per heavy atom. The highest BCUT2D eigenvalue weighted by Crippen LogP contribution is 2.55. The van der Waals surface area contributed by atoms with Gasteiger partial charge in [0.1, 0.15) is 12.4 Å². The lowest BCUT2D eigenvalue weighted by Crippen LogP contribution is -2.49. The van der Waals surface area contributed by atoms with Gasteiger partial charge >= 0.3 is 15.2 Å². The molecule has 7 N–H and O–H groups in total. The van der Waals surface area contributed by atoms with E-state index in [0.717, 1.165) is 5.56 Å². The van der Waals surface area contributed by atoms with Crippen LogP contribution >= 0.6 is 15.2 Å². The molecule has 1 saturated heterocycles. The van der Waals surface area contributed by atoms with Gasteiger partial charge in [-0.1, -0.05) is 45.0 Å². The van der Waals surface area contributed by atoms with E-state index in [4.69, 9.17) is 14.5 Å². The molecule has 0 radical (unpaired) electrons. The van der Waals surface area contributed by atoms with E-state index in [1.165, 1.54) is 22.8 Å². The minimum Gasteiger partial charge on any atom is -0.383 e. The first-order chi connectivity index (χ1) is 18.0. The molecule has 3 heterocycles. The van der Waals surface area contributed by atoms with Crippen LogP contribution in [0.25, 0.3) is 11.2 Å². The number of hydrogen-bond donors (Lipinski definition) is 7. The maximum atomic E-state index is 11.9. The molecule has 0 bridgehead atoms. The largest absolute Gasteiger partial charge is 0.383 e. The fourth-order valence-electron chi connectivity index (χ4n) is 4.06. The molecular formula is C22H31N5O10P2. The summed E-state index contributed by atoms with van der Waals surface area (Å²) in [4.78, 5) is 40.2. The summed E-state index contributed by atoms with van der Waals surface area (Å²) in [6.45, 7) is 5.85. The zero-order valence-corrected chi connectivity index (χ0v) is 23.1. The lowest BCUT2D eigenvalue weighted by atomic mass is 9.87. The number of imidazole rings is 1. The lowest BCUT2D eigenvalue weighted by Gasteiger charge is -2.25. The molecule has 0 amide bonds. The third-order valence-electron chi connectivity index (χ3n) is 6.19. The van der Waals surface area contributed by atoms with Gasteiger partial charge in [-0.15, -0.1) is 0 Å². The van der Waals surface area contributed by atoms with Crippen molar-refractivity contribution in [2.24, 2.45) is 0 Å². The number of ether oxygens (including phenoxy) is 1. The molecule has 1 unspecified atom stereocenters. The molecule has 15 nitrogen and oxygen atoms in total. The summed E-state index contributed by atoms with van der Waals surface area (Å²) >= 11 is 0. The van der Waals surface area contributed by atoms with Gasteiger partial charge in [0.15, 0.2) is 35.2 Å². The van der Waals surface area contributed by atoms with Crippen LogP contribution < -0.4 is 5.32 Å².